The number of rotatable bonds is 4. The molecule has 0 aliphatic heterocycles. The van der Waals surface area contributed by atoms with Crippen LogP contribution in [0.15, 0.2) is 30.3 Å². The first-order valence-corrected chi connectivity index (χ1v) is 8.62. The zero-order valence-electron chi connectivity index (χ0n) is 12.8. The van der Waals surface area contributed by atoms with Crippen LogP contribution in [0.2, 0.25) is 0 Å². The smallest absolute Gasteiger partial charge is 0.348 e. The number of hydrogen-bond acceptors (Lipinski definition) is 4. The number of carbonyl (C=O) groups excluding carboxylic acids is 2. The molecule has 0 radical (unpaired) electrons. The van der Waals surface area contributed by atoms with Gasteiger partial charge in [0.2, 0.25) is 5.91 Å². The average molecular weight is 329 g/mol. The van der Waals surface area contributed by atoms with Gasteiger partial charge in [-0.15, -0.1) is 11.3 Å². The van der Waals surface area contributed by atoms with E-state index in [0.717, 1.165) is 18.4 Å². The fourth-order valence-corrected chi connectivity index (χ4v) is 3.90. The summed E-state index contributed by atoms with van der Waals surface area (Å²) in [6.45, 7) is 0.195. The maximum atomic E-state index is 12.2. The van der Waals surface area contributed by atoms with E-state index < -0.39 is 5.91 Å². The lowest BCUT2D eigenvalue weighted by Gasteiger charge is -2.04. The number of amides is 1. The summed E-state index contributed by atoms with van der Waals surface area (Å²) in [6.07, 6.45) is 5.80. The zero-order valence-corrected chi connectivity index (χ0v) is 13.7. The summed E-state index contributed by atoms with van der Waals surface area (Å²) in [7, 11) is 0. The van der Waals surface area contributed by atoms with Crippen LogP contribution >= 0.6 is 11.3 Å². The van der Waals surface area contributed by atoms with Gasteiger partial charge in [-0.3, -0.25) is 4.79 Å². The quantitative estimate of drug-likeness (QED) is 0.690. The van der Waals surface area contributed by atoms with Crippen molar-refractivity contribution in [1.29, 1.82) is 0 Å². The SMILES string of the molecule is NC(=O)c1ccc(COC(=O)c2cc3c(s2)CCCCC3)cc1. The van der Waals surface area contributed by atoms with Crippen molar-refractivity contribution in [2.45, 2.75) is 38.7 Å². The summed E-state index contributed by atoms with van der Waals surface area (Å²) in [6, 6.07) is 8.76. The highest BCUT2D eigenvalue weighted by Crippen LogP contribution is 2.29. The molecule has 2 aromatic rings. The number of benzene rings is 1. The molecule has 0 unspecified atom stereocenters. The molecule has 1 amide bonds. The molecule has 0 saturated heterocycles. The standard InChI is InChI=1S/C18H19NO3S/c19-17(20)13-8-6-12(7-9-13)11-22-18(21)16-10-14-4-2-1-3-5-15(14)23-16/h6-10H,1-5,11H2,(H2,19,20). The van der Waals surface area contributed by atoms with Gasteiger partial charge in [-0.1, -0.05) is 18.6 Å². The summed E-state index contributed by atoms with van der Waals surface area (Å²) in [5.74, 6) is -0.740. The topological polar surface area (TPSA) is 69.4 Å². The van der Waals surface area contributed by atoms with Gasteiger partial charge < -0.3 is 10.5 Å². The van der Waals surface area contributed by atoms with Gasteiger partial charge in [0, 0.05) is 10.4 Å². The van der Waals surface area contributed by atoms with Crippen molar-refractivity contribution < 1.29 is 14.3 Å². The maximum Gasteiger partial charge on any atom is 0.348 e. The number of primary amides is 1. The lowest BCUT2D eigenvalue weighted by molar-refractivity contribution is 0.0478. The fraction of sp³-hybridized carbons (Fsp3) is 0.333. The Morgan fingerprint density at radius 2 is 1.83 bits per heavy atom. The Hall–Kier alpha value is -2.14. The minimum atomic E-state index is -0.464. The normalized spacial score (nSPS) is 13.9. The second-order valence-corrected chi connectivity index (χ2v) is 6.89. The van der Waals surface area contributed by atoms with Crippen molar-refractivity contribution in [2.75, 3.05) is 0 Å². The Labute approximate surface area is 139 Å². The molecular formula is C18H19NO3S. The molecule has 0 bridgehead atoms. The van der Waals surface area contributed by atoms with Gasteiger partial charge in [0.15, 0.2) is 0 Å². The van der Waals surface area contributed by atoms with Gasteiger partial charge in [0.25, 0.3) is 0 Å². The Morgan fingerprint density at radius 1 is 1.09 bits per heavy atom. The number of ether oxygens (including phenoxy) is 1. The van der Waals surface area contributed by atoms with E-state index in [-0.39, 0.29) is 12.6 Å². The van der Waals surface area contributed by atoms with Crippen molar-refractivity contribution in [3.05, 3.63) is 56.8 Å². The van der Waals surface area contributed by atoms with Crippen molar-refractivity contribution in [2.24, 2.45) is 5.73 Å². The molecule has 0 atom stereocenters. The van der Waals surface area contributed by atoms with E-state index in [0.29, 0.717) is 10.4 Å². The number of esters is 1. The molecule has 5 heteroatoms. The van der Waals surface area contributed by atoms with Gasteiger partial charge in [-0.25, -0.2) is 4.79 Å². The zero-order chi connectivity index (χ0) is 16.2. The van der Waals surface area contributed by atoms with E-state index in [1.165, 1.54) is 29.7 Å². The monoisotopic (exact) mass is 329 g/mol. The maximum absolute atomic E-state index is 12.2. The largest absolute Gasteiger partial charge is 0.457 e. The van der Waals surface area contributed by atoms with E-state index in [1.807, 2.05) is 6.07 Å². The number of hydrogen-bond donors (Lipinski definition) is 1. The highest BCUT2D eigenvalue weighted by atomic mass is 32.1. The number of carbonyl (C=O) groups is 2. The highest BCUT2D eigenvalue weighted by molar-refractivity contribution is 7.14. The van der Waals surface area contributed by atoms with Gasteiger partial charge in [0.05, 0.1) is 0 Å². The van der Waals surface area contributed by atoms with Crippen molar-refractivity contribution in [1.82, 2.24) is 0 Å². The van der Waals surface area contributed by atoms with Crippen molar-refractivity contribution in [3.8, 4) is 0 Å². The summed E-state index contributed by atoms with van der Waals surface area (Å²) in [5.41, 5.74) is 7.79. The Morgan fingerprint density at radius 3 is 2.57 bits per heavy atom. The fourth-order valence-electron chi connectivity index (χ4n) is 2.75. The molecule has 1 aromatic carbocycles. The summed E-state index contributed by atoms with van der Waals surface area (Å²) >= 11 is 1.56. The van der Waals surface area contributed by atoms with Crippen LogP contribution in [0.3, 0.4) is 0 Å². The number of fused-ring (bicyclic) bond motifs is 1. The first-order chi connectivity index (χ1) is 11.1. The lowest BCUT2D eigenvalue weighted by atomic mass is 10.1. The molecule has 4 nitrogen and oxygen atoms in total. The average Bonchev–Trinajstić information content (AvgIpc) is 2.84. The third-order valence-corrected chi connectivity index (χ3v) is 5.27. The Bertz CT molecular complexity index is 695. The molecule has 1 aromatic heterocycles. The van der Waals surface area contributed by atoms with Gasteiger partial charge in [-0.2, -0.15) is 0 Å². The molecule has 23 heavy (non-hydrogen) atoms. The Kier molecular flexibility index (Phi) is 4.76. The summed E-state index contributed by atoms with van der Waals surface area (Å²) < 4.78 is 5.38. The molecule has 3 rings (SSSR count). The van der Waals surface area contributed by atoms with Crippen molar-refractivity contribution in [3.63, 3.8) is 0 Å². The molecule has 1 aliphatic carbocycles. The predicted molar refractivity (Wildman–Crippen MR) is 89.7 cm³/mol. The minimum Gasteiger partial charge on any atom is -0.457 e. The second kappa shape index (κ2) is 6.96. The third-order valence-electron chi connectivity index (χ3n) is 4.06. The molecule has 1 aliphatic rings. The molecule has 120 valence electrons. The highest BCUT2D eigenvalue weighted by Gasteiger charge is 2.17. The molecule has 0 saturated carbocycles. The summed E-state index contributed by atoms with van der Waals surface area (Å²) in [5, 5.41) is 0. The van der Waals surface area contributed by atoms with Gasteiger partial charge in [0.1, 0.15) is 11.5 Å². The number of aryl methyl sites for hydroxylation is 2. The van der Waals surface area contributed by atoms with Crippen molar-refractivity contribution >= 4 is 23.2 Å². The molecule has 0 spiro atoms. The number of thiophene rings is 1. The van der Waals surface area contributed by atoms with Crippen LogP contribution in [0, 0.1) is 0 Å². The van der Waals surface area contributed by atoms with E-state index >= 15 is 0 Å². The first kappa shape index (κ1) is 15.7. The Balaban J connectivity index is 1.62. The van der Waals surface area contributed by atoms with Gasteiger partial charge >= 0.3 is 5.97 Å². The molecule has 2 N–H and O–H groups in total. The second-order valence-electron chi connectivity index (χ2n) is 5.76. The van der Waals surface area contributed by atoms with E-state index in [2.05, 4.69) is 0 Å². The predicted octanol–water partition coefficient (Wildman–Crippen LogP) is 3.47. The molecular weight excluding hydrogens is 310 g/mol. The van der Waals surface area contributed by atoms with Crippen LogP contribution in [0.5, 0.6) is 0 Å². The minimum absolute atomic E-state index is 0.195. The van der Waals surface area contributed by atoms with Crippen LogP contribution < -0.4 is 5.73 Å². The lowest BCUT2D eigenvalue weighted by Crippen LogP contribution is -2.10. The summed E-state index contributed by atoms with van der Waals surface area (Å²) in [4.78, 5) is 25.3. The van der Waals surface area contributed by atoms with Crippen LogP contribution in [0.1, 0.15) is 55.3 Å². The van der Waals surface area contributed by atoms with Gasteiger partial charge in [-0.05, 0) is 55.0 Å². The number of nitrogens with two attached hydrogens (primary N) is 1. The van der Waals surface area contributed by atoms with Crippen LogP contribution in [-0.2, 0) is 24.2 Å². The first-order valence-electron chi connectivity index (χ1n) is 7.81. The van der Waals surface area contributed by atoms with Crippen LogP contribution in [0.25, 0.3) is 0 Å². The molecule has 1 heterocycles. The third kappa shape index (κ3) is 3.79. The van der Waals surface area contributed by atoms with E-state index in [1.54, 1.807) is 35.6 Å². The molecule has 0 fully saturated rings. The van der Waals surface area contributed by atoms with E-state index in [9.17, 15) is 9.59 Å². The van der Waals surface area contributed by atoms with Crippen LogP contribution in [0.4, 0.5) is 0 Å². The van der Waals surface area contributed by atoms with E-state index in [4.69, 9.17) is 10.5 Å². The van der Waals surface area contributed by atoms with Crippen LogP contribution in [-0.4, -0.2) is 11.9 Å².